The Morgan fingerprint density at radius 3 is 2.81 bits per heavy atom. The Labute approximate surface area is 171 Å². The zero-order valence-corrected chi connectivity index (χ0v) is 17.5. The minimum absolute atomic E-state index is 0.229. The summed E-state index contributed by atoms with van der Waals surface area (Å²) in [6, 6.07) is 2.27. The van der Waals surface area contributed by atoms with Gasteiger partial charge in [0.2, 0.25) is 0 Å². The van der Waals surface area contributed by atoms with E-state index in [1.54, 1.807) is 0 Å². The number of aromatic nitrogens is 2. The fraction of sp³-hybridized carbons (Fsp3) is 0.444. The van der Waals surface area contributed by atoms with Crippen molar-refractivity contribution < 1.29 is 5.11 Å². The molecule has 8 heteroatoms. The van der Waals surface area contributed by atoms with Gasteiger partial charge in [-0.25, -0.2) is 4.98 Å². The van der Waals surface area contributed by atoms with Gasteiger partial charge in [-0.05, 0) is 49.5 Å². The molecule has 2 aromatic rings. The number of nitrogens with zero attached hydrogens (tertiary/aromatic N) is 3. The average molecular weight is 431 g/mol. The number of fused-ring (bicyclic) bond motifs is 2. The van der Waals surface area contributed by atoms with Crippen LogP contribution in [-0.2, 0) is 6.42 Å². The van der Waals surface area contributed by atoms with Gasteiger partial charge in [0.15, 0.2) is 5.15 Å². The molecular formula is C18H18Cl3N3OS. The van der Waals surface area contributed by atoms with Crippen LogP contribution >= 0.6 is 46.1 Å². The molecule has 0 bridgehead atoms. The van der Waals surface area contributed by atoms with E-state index in [1.807, 2.05) is 13.0 Å². The zero-order valence-electron chi connectivity index (χ0n) is 14.4. The number of thiazole rings is 1. The second-order valence-corrected chi connectivity index (χ2v) is 9.20. The van der Waals surface area contributed by atoms with Crippen molar-refractivity contribution in [3.63, 3.8) is 0 Å². The zero-order chi connectivity index (χ0) is 18.6. The van der Waals surface area contributed by atoms with E-state index in [1.165, 1.54) is 28.0 Å². The van der Waals surface area contributed by atoms with Gasteiger partial charge in [-0.3, -0.25) is 9.88 Å². The van der Waals surface area contributed by atoms with Crippen molar-refractivity contribution in [2.24, 2.45) is 0 Å². The minimum atomic E-state index is -0.701. The van der Waals surface area contributed by atoms with E-state index in [0.717, 1.165) is 35.8 Å². The molecule has 0 saturated heterocycles. The van der Waals surface area contributed by atoms with Crippen LogP contribution in [0.4, 0.5) is 0 Å². The molecule has 1 aliphatic carbocycles. The number of aliphatic hydroxyl groups is 1. The molecule has 1 N–H and O–H groups in total. The number of β-amino-alcohol motifs (C(OH)–C–C–N with tert-alkyl or cyclic N) is 1. The summed E-state index contributed by atoms with van der Waals surface area (Å²) in [6.45, 7) is 5.50. The molecule has 2 unspecified atom stereocenters. The van der Waals surface area contributed by atoms with Gasteiger partial charge < -0.3 is 5.11 Å². The molecule has 2 aliphatic rings. The summed E-state index contributed by atoms with van der Waals surface area (Å²) in [4.78, 5) is 11.2. The summed E-state index contributed by atoms with van der Waals surface area (Å²) in [5.74, 6) is 0. The van der Waals surface area contributed by atoms with Gasteiger partial charge in [-0.1, -0.05) is 34.8 Å². The molecule has 0 saturated carbocycles. The molecule has 0 aromatic carbocycles. The SMILES string of the molecule is Cc1nc2c(cc1Cl)CC1=C2CCN(CC(O)c2nc(Cl)c(Cl)s2)C1C. The first kappa shape index (κ1) is 18.7. The van der Waals surface area contributed by atoms with Gasteiger partial charge >= 0.3 is 0 Å². The van der Waals surface area contributed by atoms with Crippen LogP contribution in [0.15, 0.2) is 11.6 Å². The Hall–Kier alpha value is -0.690. The Morgan fingerprint density at radius 2 is 2.12 bits per heavy atom. The predicted molar refractivity (Wildman–Crippen MR) is 107 cm³/mol. The summed E-state index contributed by atoms with van der Waals surface area (Å²) < 4.78 is 0.418. The number of aliphatic hydroxyl groups excluding tert-OH is 1. The van der Waals surface area contributed by atoms with Crippen molar-refractivity contribution in [3.05, 3.63) is 48.1 Å². The Bertz CT molecular complexity index is 892. The summed E-state index contributed by atoms with van der Waals surface area (Å²) >= 11 is 19.4. The number of pyridine rings is 1. The summed E-state index contributed by atoms with van der Waals surface area (Å²) in [6.07, 6.45) is 1.10. The summed E-state index contributed by atoms with van der Waals surface area (Å²) in [7, 11) is 0. The Balaban J connectivity index is 1.54. The first-order chi connectivity index (χ1) is 12.3. The molecule has 0 amide bonds. The van der Waals surface area contributed by atoms with Gasteiger partial charge in [0.1, 0.15) is 15.4 Å². The Kier molecular flexibility index (Phi) is 5.05. The average Bonchev–Trinajstić information content (AvgIpc) is 3.12. The van der Waals surface area contributed by atoms with Crippen LogP contribution in [0.3, 0.4) is 0 Å². The van der Waals surface area contributed by atoms with Gasteiger partial charge in [0.05, 0.1) is 16.4 Å². The first-order valence-electron chi connectivity index (χ1n) is 8.47. The van der Waals surface area contributed by atoms with Crippen LogP contribution in [0.5, 0.6) is 0 Å². The largest absolute Gasteiger partial charge is 0.385 e. The standard InChI is InChI=1S/C18H18Cl3N3OS/c1-8-13(19)6-10-5-12-9(2)24(4-3-11(12)15(10)22-8)7-14(25)18-23-16(20)17(21)26-18/h6,9,14,25H,3-5,7H2,1-2H3. The number of rotatable bonds is 3. The van der Waals surface area contributed by atoms with Gasteiger partial charge in [0, 0.05) is 19.1 Å². The molecule has 0 fully saturated rings. The second-order valence-electron chi connectivity index (χ2n) is 6.80. The van der Waals surface area contributed by atoms with Crippen LogP contribution in [0, 0.1) is 6.92 Å². The highest BCUT2D eigenvalue weighted by Crippen LogP contribution is 2.41. The lowest BCUT2D eigenvalue weighted by Gasteiger charge is -2.35. The van der Waals surface area contributed by atoms with Gasteiger partial charge in [0.25, 0.3) is 0 Å². The van der Waals surface area contributed by atoms with E-state index < -0.39 is 6.10 Å². The van der Waals surface area contributed by atoms with E-state index >= 15 is 0 Å². The highest BCUT2D eigenvalue weighted by molar-refractivity contribution is 7.16. The van der Waals surface area contributed by atoms with E-state index in [-0.39, 0.29) is 11.2 Å². The molecule has 2 atom stereocenters. The number of hydrogen-bond acceptors (Lipinski definition) is 5. The highest BCUT2D eigenvalue weighted by atomic mass is 35.5. The third kappa shape index (κ3) is 3.19. The molecule has 2 aromatic heterocycles. The maximum absolute atomic E-state index is 10.6. The third-order valence-electron chi connectivity index (χ3n) is 5.24. The summed E-state index contributed by atoms with van der Waals surface area (Å²) in [5.41, 5.74) is 5.91. The van der Waals surface area contributed by atoms with Crippen molar-refractivity contribution in [3.8, 4) is 0 Å². The van der Waals surface area contributed by atoms with Crippen molar-refractivity contribution in [2.45, 2.75) is 38.8 Å². The first-order valence-corrected chi connectivity index (χ1v) is 10.4. The molecule has 4 nitrogen and oxygen atoms in total. The van der Waals surface area contributed by atoms with Gasteiger partial charge in [-0.15, -0.1) is 11.3 Å². The Morgan fingerprint density at radius 1 is 1.35 bits per heavy atom. The lowest BCUT2D eigenvalue weighted by Crippen LogP contribution is -2.41. The van der Waals surface area contributed by atoms with Crippen molar-refractivity contribution >= 4 is 51.7 Å². The van der Waals surface area contributed by atoms with Crippen LogP contribution in [-0.4, -0.2) is 39.1 Å². The summed E-state index contributed by atoms with van der Waals surface area (Å²) in [5, 5.41) is 12.1. The van der Waals surface area contributed by atoms with E-state index in [0.29, 0.717) is 15.9 Å². The van der Waals surface area contributed by atoms with E-state index in [2.05, 4.69) is 16.8 Å². The molecule has 26 heavy (non-hydrogen) atoms. The second kappa shape index (κ2) is 7.04. The smallest absolute Gasteiger partial charge is 0.159 e. The van der Waals surface area contributed by atoms with E-state index in [9.17, 15) is 5.11 Å². The molecule has 3 heterocycles. The topological polar surface area (TPSA) is 49.2 Å². The van der Waals surface area contributed by atoms with Crippen molar-refractivity contribution in [1.82, 2.24) is 14.9 Å². The van der Waals surface area contributed by atoms with Crippen LogP contribution in [0.2, 0.25) is 14.5 Å². The molecule has 0 radical (unpaired) electrons. The van der Waals surface area contributed by atoms with Crippen LogP contribution in [0.25, 0.3) is 5.57 Å². The highest BCUT2D eigenvalue weighted by Gasteiger charge is 2.34. The lowest BCUT2D eigenvalue weighted by atomic mass is 9.95. The minimum Gasteiger partial charge on any atom is -0.385 e. The molecular weight excluding hydrogens is 413 g/mol. The van der Waals surface area contributed by atoms with Gasteiger partial charge in [-0.2, -0.15) is 0 Å². The number of halogens is 3. The van der Waals surface area contributed by atoms with E-state index in [4.69, 9.17) is 39.8 Å². The third-order valence-corrected chi connectivity index (χ3v) is 7.46. The molecule has 1 aliphatic heterocycles. The van der Waals surface area contributed by atoms with Crippen molar-refractivity contribution in [2.75, 3.05) is 13.1 Å². The lowest BCUT2D eigenvalue weighted by molar-refractivity contribution is 0.0975. The number of hydrogen-bond donors (Lipinski definition) is 1. The molecule has 138 valence electrons. The maximum atomic E-state index is 10.6. The quantitative estimate of drug-likeness (QED) is 0.749. The van der Waals surface area contributed by atoms with Crippen LogP contribution in [0.1, 0.15) is 41.4 Å². The van der Waals surface area contributed by atoms with Crippen molar-refractivity contribution in [1.29, 1.82) is 0 Å². The number of aryl methyl sites for hydroxylation is 1. The fourth-order valence-corrected chi connectivity index (χ4v) is 5.19. The van der Waals surface area contributed by atoms with Crippen LogP contribution < -0.4 is 0 Å². The maximum Gasteiger partial charge on any atom is 0.159 e. The normalized spacial score (nSPS) is 21.1. The molecule has 4 rings (SSSR count). The predicted octanol–water partition coefficient (Wildman–Crippen LogP) is 4.94. The monoisotopic (exact) mass is 429 g/mol. The fourth-order valence-electron chi connectivity index (χ4n) is 3.82. The molecule has 0 spiro atoms.